The highest BCUT2D eigenvalue weighted by Gasteiger charge is 2.39. The third kappa shape index (κ3) is 5.96. The predicted octanol–water partition coefficient (Wildman–Crippen LogP) is 3.06. The van der Waals surface area contributed by atoms with Gasteiger partial charge in [-0.3, -0.25) is 0 Å². The molecule has 0 saturated carbocycles. The quantitative estimate of drug-likeness (QED) is 0.563. The van der Waals surface area contributed by atoms with Crippen LogP contribution in [0, 0.1) is 0 Å². The molecule has 1 aliphatic rings. The first kappa shape index (κ1) is 18.4. The van der Waals surface area contributed by atoms with Crippen LogP contribution in [0.25, 0.3) is 0 Å². The van der Waals surface area contributed by atoms with E-state index >= 15 is 0 Å². The highest BCUT2D eigenvalue weighted by Crippen LogP contribution is 2.29. The molecule has 2 rings (SSSR count). The van der Waals surface area contributed by atoms with Gasteiger partial charge in [0.05, 0.1) is 20.3 Å². The van der Waals surface area contributed by atoms with Gasteiger partial charge in [0.2, 0.25) is 0 Å². The van der Waals surface area contributed by atoms with Gasteiger partial charge in [0, 0.05) is 0 Å². The Morgan fingerprint density at radius 3 is 2.71 bits per heavy atom. The van der Waals surface area contributed by atoms with Crippen molar-refractivity contribution in [3.8, 4) is 0 Å². The SMILES string of the molecule is COC(=O)OC/C=C/[C@H]1OC(C)(C)O[C@@H]1COCc1ccccc1. The van der Waals surface area contributed by atoms with Crippen molar-refractivity contribution in [1.29, 1.82) is 0 Å². The van der Waals surface area contributed by atoms with Gasteiger partial charge < -0.3 is 23.7 Å². The van der Waals surface area contributed by atoms with Crippen LogP contribution in [0.15, 0.2) is 42.5 Å². The number of ether oxygens (including phenoxy) is 5. The Balaban J connectivity index is 1.81. The van der Waals surface area contributed by atoms with Crippen LogP contribution in [0.4, 0.5) is 4.79 Å². The van der Waals surface area contributed by atoms with E-state index in [1.165, 1.54) is 7.11 Å². The molecule has 0 spiro atoms. The largest absolute Gasteiger partial charge is 0.508 e. The monoisotopic (exact) mass is 336 g/mol. The van der Waals surface area contributed by atoms with Crippen molar-refractivity contribution < 1.29 is 28.5 Å². The van der Waals surface area contributed by atoms with E-state index in [4.69, 9.17) is 18.9 Å². The van der Waals surface area contributed by atoms with Gasteiger partial charge in [0.25, 0.3) is 0 Å². The van der Waals surface area contributed by atoms with Crippen LogP contribution < -0.4 is 0 Å². The van der Waals surface area contributed by atoms with E-state index in [0.29, 0.717) is 13.2 Å². The lowest BCUT2D eigenvalue weighted by Crippen LogP contribution is -2.26. The fourth-order valence-electron chi connectivity index (χ4n) is 2.39. The van der Waals surface area contributed by atoms with Crippen LogP contribution in [0.2, 0.25) is 0 Å². The summed E-state index contributed by atoms with van der Waals surface area (Å²) in [5.74, 6) is -0.682. The first-order valence-electron chi connectivity index (χ1n) is 7.85. The molecule has 1 heterocycles. The minimum Gasteiger partial charge on any atom is -0.438 e. The topological polar surface area (TPSA) is 63.2 Å². The van der Waals surface area contributed by atoms with E-state index in [0.717, 1.165) is 5.56 Å². The highest BCUT2D eigenvalue weighted by atomic mass is 16.8. The molecule has 1 aliphatic heterocycles. The summed E-state index contributed by atoms with van der Waals surface area (Å²) in [6.45, 7) is 4.75. The molecule has 6 nitrogen and oxygen atoms in total. The standard InChI is InChI=1S/C18H24O6/c1-18(2)23-15(10-7-11-22-17(19)20-3)16(24-18)13-21-12-14-8-5-4-6-9-14/h4-10,15-16H,11-13H2,1-3H3/b10-7+/t15-,16-/m1/s1. The second-order valence-electron chi connectivity index (χ2n) is 5.83. The maximum Gasteiger partial charge on any atom is 0.508 e. The summed E-state index contributed by atoms with van der Waals surface area (Å²) in [5.41, 5.74) is 1.11. The maximum atomic E-state index is 10.9. The number of rotatable bonds is 7. The van der Waals surface area contributed by atoms with E-state index in [9.17, 15) is 4.79 Å². The fourth-order valence-corrected chi connectivity index (χ4v) is 2.39. The Bertz CT molecular complexity index is 540. The molecule has 2 atom stereocenters. The van der Waals surface area contributed by atoms with Crippen molar-refractivity contribution in [1.82, 2.24) is 0 Å². The van der Waals surface area contributed by atoms with Gasteiger partial charge in [0.1, 0.15) is 18.8 Å². The van der Waals surface area contributed by atoms with Crippen LogP contribution in [0.1, 0.15) is 19.4 Å². The maximum absolute atomic E-state index is 10.9. The van der Waals surface area contributed by atoms with Crippen molar-refractivity contribution in [3.05, 3.63) is 48.0 Å². The molecule has 0 unspecified atom stereocenters. The fraction of sp³-hybridized carbons (Fsp3) is 0.500. The summed E-state index contributed by atoms with van der Waals surface area (Å²) >= 11 is 0. The molecule has 1 aromatic rings. The first-order valence-corrected chi connectivity index (χ1v) is 7.85. The number of hydrogen-bond acceptors (Lipinski definition) is 6. The number of carbonyl (C=O) groups is 1. The predicted molar refractivity (Wildman–Crippen MR) is 87.4 cm³/mol. The zero-order valence-corrected chi connectivity index (χ0v) is 14.3. The van der Waals surface area contributed by atoms with Gasteiger partial charge in [-0.15, -0.1) is 0 Å². The molecule has 0 bridgehead atoms. The second-order valence-corrected chi connectivity index (χ2v) is 5.83. The number of methoxy groups -OCH3 is 1. The average Bonchev–Trinajstić information content (AvgIpc) is 2.86. The third-order valence-electron chi connectivity index (χ3n) is 3.41. The molecular weight excluding hydrogens is 312 g/mol. The van der Waals surface area contributed by atoms with Gasteiger partial charge in [-0.05, 0) is 25.5 Å². The Hall–Kier alpha value is -1.89. The van der Waals surface area contributed by atoms with E-state index in [1.54, 1.807) is 6.08 Å². The molecule has 0 radical (unpaired) electrons. The van der Waals surface area contributed by atoms with Crippen molar-refractivity contribution in [2.45, 2.75) is 38.4 Å². The lowest BCUT2D eigenvalue weighted by atomic mass is 10.2. The smallest absolute Gasteiger partial charge is 0.438 e. The van der Waals surface area contributed by atoms with Crippen LogP contribution in [-0.4, -0.2) is 44.5 Å². The van der Waals surface area contributed by atoms with Crippen LogP contribution >= 0.6 is 0 Å². The summed E-state index contributed by atoms with van der Waals surface area (Å²) in [5, 5.41) is 0. The Kier molecular flexibility index (Phi) is 6.78. The summed E-state index contributed by atoms with van der Waals surface area (Å²) in [6, 6.07) is 9.94. The van der Waals surface area contributed by atoms with Crippen LogP contribution in [-0.2, 0) is 30.3 Å². The molecule has 6 heteroatoms. The van der Waals surface area contributed by atoms with Gasteiger partial charge in [0.15, 0.2) is 5.79 Å². The molecule has 0 N–H and O–H groups in total. The van der Waals surface area contributed by atoms with Gasteiger partial charge in [-0.25, -0.2) is 4.79 Å². The first-order chi connectivity index (χ1) is 11.5. The summed E-state index contributed by atoms with van der Waals surface area (Å²) in [6.07, 6.45) is 2.31. The minimum absolute atomic E-state index is 0.116. The minimum atomic E-state index is -0.716. The normalized spacial score (nSPS) is 22.6. The highest BCUT2D eigenvalue weighted by molar-refractivity contribution is 5.59. The molecule has 0 aliphatic carbocycles. The van der Waals surface area contributed by atoms with E-state index in [1.807, 2.05) is 50.3 Å². The third-order valence-corrected chi connectivity index (χ3v) is 3.41. The van der Waals surface area contributed by atoms with E-state index in [2.05, 4.69) is 4.74 Å². The summed E-state index contributed by atoms with van der Waals surface area (Å²) < 4.78 is 26.7. The van der Waals surface area contributed by atoms with Gasteiger partial charge in [-0.1, -0.05) is 36.4 Å². The molecule has 0 aromatic heterocycles. The second kappa shape index (κ2) is 8.82. The number of carbonyl (C=O) groups excluding carboxylic acids is 1. The molecular formula is C18H24O6. The zero-order chi connectivity index (χ0) is 17.4. The molecule has 24 heavy (non-hydrogen) atoms. The Morgan fingerprint density at radius 2 is 2.00 bits per heavy atom. The lowest BCUT2D eigenvalue weighted by Gasteiger charge is -2.16. The van der Waals surface area contributed by atoms with Crippen molar-refractivity contribution in [2.75, 3.05) is 20.3 Å². The Labute approximate surface area is 142 Å². The molecule has 132 valence electrons. The lowest BCUT2D eigenvalue weighted by molar-refractivity contribution is -0.148. The average molecular weight is 336 g/mol. The molecule has 0 amide bonds. The number of hydrogen-bond donors (Lipinski definition) is 0. The van der Waals surface area contributed by atoms with Gasteiger partial charge in [-0.2, -0.15) is 0 Å². The molecule has 1 fully saturated rings. The molecule has 1 saturated heterocycles. The number of benzene rings is 1. The van der Waals surface area contributed by atoms with Crippen molar-refractivity contribution in [2.24, 2.45) is 0 Å². The van der Waals surface area contributed by atoms with E-state index < -0.39 is 11.9 Å². The van der Waals surface area contributed by atoms with Crippen molar-refractivity contribution in [3.63, 3.8) is 0 Å². The summed E-state index contributed by atoms with van der Waals surface area (Å²) in [4.78, 5) is 10.9. The zero-order valence-electron chi connectivity index (χ0n) is 14.3. The molecule has 1 aromatic carbocycles. The summed E-state index contributed by atoms with van der Waals surface area (Å²) in [7, 11) is 1.27. The van der Waals surface area contributed by atoms with Crippen molar-refractivity contribution >= 4 is 6.16 Å². The van der Waals surface area contributed by atoms with Crippen LogP contribution in [0.5, 0.6) is 0 Å². The van der Waals surface area contributed by atoms with Gasteiger partial charge >= 0.3 is 6.16 Å². The van der Waals surface area contributed by atoms with E-state index in [-0.39, 0.29) is 18.8 Å². The van der Waals surface area contributed by atoms with Crippen LogP contribution in [0.3, 0.4) is 0 Å². The Morgan fingerprint density at radius 1 is 1.25 bits per heavy atom.